The van der Waals surface area contributed by atoms with Crippen LogP contribution < -0.4 is 0 Å². The third-order valence-electron chi connectivity index (χ3n) is 10.3. The first-order valence-corrected chi connectivity index (χ1v) is 11.7. The maximum Gasteiger partial charge on any atom is 0.183 e. The number of hydrogen-bond acceptors (Lipinski definition) is 3. The summed E-state index contributed by atoms with van der Waals surface area (Å²) in [4.78, 5) is 12.0. The van der Waals surface area contributed by atoms with E-state index in [2.05, 4.69) is 26.0 Å². The van der Waals surface area contributed by atoms with Crippen LogP contribution in [0.5, 0.6) is 0 Å². The molecule has 1 aliphatic heterocycles. The zero-order valence-corrected chi connectivity index (χ0v) is 17.7. The monoisotopic (exact) mass is 382 g/mol. The molecule has 0 N–H and O–H groups in total. The van der Waals surface area contributed by atoms with Gasteiger partial charge >= 0.3 is 0 Å². The fourth-order valence-corrected chi connectivity index (χ4v) is 9.14. The number of ether oxygens (including phenoxy) is 2. The first-order valence-electron chi connectivity index (χ1n) is 11.7. The Morgan fingerprint density at radius 3 is 2.57 bits per heavy atom. The minimum absolute atomic E-state index is 0.0312. The van der Waals surface area contributed by atoms with Gasteiger partial charge in [-0.05, 0) is 81.0 Å². The van der Waals surface area contributed by atoms with Crippen LogP contribution in [0.15, 0.2) is 23.3 Å². The van der Waals surface area contributed by atoms with Gasteiger partial charge in [-0.2, -0.15) is 0 Å². The van der Waals surface area contributed by atoms with Gasteiger partial charge in [-0.3, -0.25) is 4.79 Å². The van der Waals surface area contributed by atoms with Crippen LogP contribution in [0.4, 0.5) is 0 Å². The van der Waals surface area contributed by atoms with Gasteiger partial charge in [-0.15, -0.1) is 0 Å². The SMILES string of the molecule is CCC1([C@@]23C=CC4(CC2)[C@@H]2CCC5=C(CCC(=O)C5)[C@H]2CC[C@@]43C)OC(C)O1. The molecular formula is C25H34O3. The second-order valence-corrected chi connectivity index (χ2v) is 10.7. The summed E-state index contributed by atoms with van der Waals surface area (Å²) < 4.78 is 12.8. The summed E-state index contributed by atoms with van der Waals surface area (Å²) in [6.07, 6.45) is 16.1. The summed E-state index contributed by atoms with van der Waals surface area (Å²) in [5.74, 6) is 1.50. The standard InChI is InChI=1S/C25H34O3/c1-4-25(27-16(2)28-25)24-13-11-23(12-14-24)21-8-5-17-15-18(26)6-7-19(17)20(21)9-10-22(23,24)3/h11,13,16,20-21H,4-10,12,14-15H2,1-3H3/t16?,20-,21-,22+,23?,24+,25?/m1/s1. The van der Waals surface area contributed by atoms with Crippen molar-refractivity contribution in [1.29, 1.82) is 0 Å². The second kappa shape index (κ2) is 5.40. The van der Waals surface area contributed by atoms with Crippen LogP contribution in [0.1, 0.15) is 85.0 Å². The number of rotatable bonds is 2. The van der Waals surface area contributed by atoms with Gasteiger partial charge in [-0.1, -0.05) is 37.1 Å². The Hall–Kier alpha value is -0.930. The molecule has 5 atom stereocenters. The van der Waals surface area contributed by atoms with Gasteiger partial charge in [0.25, 0.3) is 0 Å². The molecular weight excluding hydrogens is 348 g/mol. The van der Waals surface area contributed by atoms with Gasteiger partial charge in [0, 0.05) is 18.3 Å². The number of allylic oxidation sites excluding steroid dienone is 3. The molecule has 2 bridgehead atoms. The van der Waals surface area contributed by atoms with Crippen molar-refractivity contribution >= 4 is 5.78 Å². The van der Waals surface area contributed by atoms with Crippen molar-refractivity contribution in [2.45, 2.75) is 97.1 Å². The number of hydrogen-bond donors (Lipinski definition) is 0. The van der Waals surface area contributed by atoms with Crippen molar-refractivity contribution in [3.05, 3.63) is 23.3 Å². The van der Waals surface area contributed by atoms with Gasteiger partial charge < -0.3 is 9.47 Å². The van der Waals surface area contributed by atoms with Crippen LogP contribution in [0.2, 0.25) is 0 Å². The number of fused-ring (bicyclic) bond motifs is 2. The Labute approximate surface area is 168 Å². The van der Waals surface area contributed by atoms with Crippen molar-refractivity contribution in [3.8, 4) is 0 Å². The number of ketones is 1. The molecule has 0 amide bonds. The Kier molecular flexibility index (Phi) is 3.45. The molecule has 1 saturated heterocycles. The molecule has 1 unspecified atom stereocenters. The predicted molar refractivity (Wildman–Crippen MR) is 107 cm³/mol. The molecule has 3 heteroatoms. The third kappa shape index (κ3) is 1.75. The first kappa shape index (κ1) is 17.9. The zero-order valence-electron chi connectivity index (χ0n) is 17.7. The van der Waals surface area contributed by atoms with E-state index in [1.165, 1.54) is 37.7 Å². The summed E-state index contributed by atoms with van der Waals surface area (Å²) >= 11 is 0. The summed E-state index contributed by atoms with van der Waals surface area (Å²) in [6, 6.07) is 0. The third-order valence-corrected chi connectivity index (χ3v) is 10.3. The average molecular weight is 383 g/mol. The topological polar surface area (TPSA) is 35.5 Å². The number of carbonyl (C=O) groups is 1. The molecule has 0 aromatic heterocycles. The molecule has 152 valence electrons. The quantitative estimate of drug-likeness (QED) is 0.575. The van der Waals surface area contributed by atoms with E-state index in [9.17, 15) is 4.79 Å². The molecule has 6 rings (SSSR count). The van der Waals surface area contributed by atoms with E-state index in [4.69, 9.17) is 9.47 Å². The maximum atomic E-state index is 12.0. The van der Waals surface area contributed by atoms with Crippen LogP contribution in [0.25, 0.3) is 0 Å². The Bertz CT molecular complexity index is 803. The van der Waals surface area contributed by atoms with Crippen molar-refractivity contribution in [1.82, 2.24) is 0 Å². The van der Waals surface area contributed by atoms with E-state index in [1.807, 2.05) is 6.92 Å². The summed E-state index contributed by atoms with van der Waals surface area (Å²) in [6.45, 7) is 6.83. The molecule has 28 heavy (non-hydrogen) atoms. The van der Waals surface area contributed by atoms with E-state index in [1.54, 1.807) is 5.57 Å². The highest BCUT2D eigenvalue weighted by Gasteiger charge is 2.78. The molecule has 5 aliphatic carbocycles. The minimum atomic E-state index is -0.418. The highest BCUT2D eigenvalue weighted by molar-refractivity contribution is 5.82. The highest BCUT2D eigenvalue weighted by Crippen LogP contribution is 2.81. The Morgan fingerprint density at radius 2 is 1.89 bits per heavy atom. The van der Waals surface area contributed by atoms with Gasteiger partial charge in [-0.25, -0.2) is 0 Å². The number of carbonyl (C=O) groups excluding carboxylic acids is 1. The smallest absolute Gasteiger partial charge is 0.183 e. The normalized spacial score (nSPS) is 54.2. The maximum absolute atomic E-state index is 12.0. The largest absolute Gasteiger partial charge is 0.320 e. The van der Waals surface area contributed by atoms with Gasteiger partial charge in [0.2, 0.25) is 0 Å². The molecule has 3 nitrogen and oxygen atoms in total. The minimum Gasteiger partial charge on any atom is -0.320 e. The highest BCUT2D eigenvalue weighted by atomic mass is 16.9. The molecule has 3 fully saturated rings. The molecule has 0 spiro atoms. The summed E-state index contributed by atoms with van der Waals surface area (Å²) in [7, 11) is 0. The van der Waals surface area contributed by atoms with E-state index >= 15 is 0 Å². The molecule has 0 radical (unpaired) electrons. The predicted octanol–water partition coefficient (Wildman–Crippen LogP) is 5.70. The zero-order chi connectivity index (χ0) is 19.4. The lowest BCUT2D eigenvalue weighted by Gasteiger charge is -2.63. The van der Waals surface area contributed by atoms with E-state index in [-0.39, 0.29) is 17.1 Å². The van der Waals surface area contributed by atoms with E-state index in [0.717, 1.165) is 38.0 Å². The molecule has 1 heterocycles. The molecule has 0 aromatic rings. The summed E-state index contributed by atoms with van der Waals surface area (Å²) in [5.41, 5.74) is 3.78. The Balaban J connectivity index is 1.41. The van der Waals surface area contributed by atoms with Crippen LogP contribution in [0, 0.1) is 28.1 Å². The second-order valence-electron chi connectivity index (χ2n) is 10.7. The van der Waals surface area contributed by atoms with Crippen molar-refractivity contribution in [2.75, 3.05) is 0 Å². The molecule has 6 aliphatic rings. The number of Topliss-reactive ketones (excluding diaryl/α,β-unsaturated/α-hetero) is 1. The fraction of sp³-hybridized carbons (Fsp3) is 0.800. The van der Waals surface area contributed by atoms with E-state index in [0.29, 0.717) is 17.1 Å². The van der Waals surface area contributed by atoms with Crippen LogP contribution >= 0.6 is 0 Å². The van der Waals surface area contributed by atoms with E-state index < -0.39 is 5.79 Å². The fourth-order valence-electron chi connectivity index (χ4n) is 9.14. The molecule has 0 aromatic carbocycles. The van der Waals surface area contributed by atoms with Gasteiger partial charge in [0.05, 0.1) is 0 Å². The van der Waals surface area contributed by atoms with Gasteiger partial charge in [0.15, 0.2) is 12.1 Å². The summed E-state index contributed by atoms with van der Waals surface area (Å²) in [5, 5.41) is 0. The van der Waals surface area contributed by atoms with Crippen molar-refractivity contribution in [3.63, 3.8) is 0 Å². The van der Waals surface area contributed by atoms with Crippen LogP contribution in [-0.4, -0.2) is 17.9 Å². The lowest BCUT2D eigenvalue weighted by atomic mass is 9.45. The van der Waals surface area contributed by atoms with Crippen molar-refractivity contribution in [2.24, 2.45) is 28.1 Å². The lowest BCUT2D eigenvalue weighted by molar-refractivity contribution is -0.486. The van der Waals surface area contributed by atoms with Crippen molar-refractivity contribution < 1.29 is 14.3 Å². The molecule has 2 saturated carbocycles. The Morgan fingerprint density at radius 1 is 1.07 bits per heavy atom. The van der Waals surface area contributed by atoms with Gasteiger partial charge in [0.1, 0.15) is 5.78 Å². The van der Waals surface area contributed by atoms with Crippen LogP contribution in [0.3, 0.4) is 0 Å². The first-order chi connectivity index (χ1) is 13.4. The van der Waals surface area contributed by atoms with Crippen LogP contribution in [-0.2, 0) is 14.3 Å². The average Bonchev–Trinajstić information content (AvgIpc) is 3.09. The lowest BCUT2D eigenvalue weighted by Crippen LogP contribution is -2.66.